The molecule has 506 valence electrons. The van der Waals surface area contributed by atoms with E-state index in [9.17, 15) is 73.4 Å². The van der Waals surface area contributed by atoms with Crippen LogP contribution >= 0.6 is 0 Å². The average molecular weight is 1360 g/mol. The first-order valence-corrected chi connectivity index (χ1v) is 29.5. The van der Waals surface area contributed by atoms with Crippen molar-refractivity contribution in [3.8, 4) is 68.3 Å². The molecule has 0 aliphatic carbocycles. The highest BCUT2D eigenvalue weighted by atomic mass is 19.4. The van der Waals surface area contributed by atoms with Crippen LogP contribution in [-0.2, 0) is 32.8 Å². The Balaban J connectivity index is 0.000000173. The zero-order chi connectivity index (χ0) is 71.0. The number of halogens is 9. The second kappa shape index (κ2) is 29.4. The van der Waals surface area contributed by atoms with Gasteiger partial charge in [-0.3, -0.25) is 24.0 Å². The van der Waals surface area contributed by atoms with E-state index in [4.69, 9.17) is 35.2 Å². The van der Waals surface area contributed by atoms with Crippen LogP contribution in [0, 0.1) is 5.92 Å². The van der Waals surface area contributed by atoms with Gasteiger partial charge in [0.25, 0.3) is 11.8 Å². The molecule has 3 aromatic heterocycles. The molecule has 98 heavy (non-hydrogen) atoms. The number of benzene rings is 6. The van der Waals surface area contributed by atoms with E-state index in [0.717, 1.165) is 59.8 Å². The smallest absolute Gasteiger partial charge is 0.416 e. The Morgan fingerprint density at radius 2 is 0.929 bits per heavy atom. The first kappa shape index (κ1) is 71.0. The molecule has 0 saturated carbocycles. The van der Waals surface area contributed by atoms with Gasteiger partial charge in [0.2, 0.25) is 5.91 Å². The quantitative estimate of drug-likeness (QED) is 0.0600. The Bertz CT molecular complexity index is 4470. The number of carbonyl (C=O) groups excluding carboxylic acids is 5. The van der Waals surface area contributed by atoms with Crippen LogP contribution in [0.2, 0.25) is 0 Å². The van der Waals surface area contributed by atoms with E-state index >= 15 is 0 Å². The average Bonchev–Trinajstić information content (AvgIpc) is 0.851. The number of amides is 3. The van der Waals surface area contributed by atoms with Gasteiger partial charge in [0.05, 0.1) is 57.2 Å². The number of likely N-dealkylation sites (tertiary alicyclic amines) is 1. The third-order valence-corrected chi connectivity index (χ3v) is 15.1. The largest absolute Gasteiger partial charge is 0.478 e. The Kier molecular flexibility index (Phi) is 21.3. The lowest BCUT2D eigenvalue weighted by atomic mass is 9.87. The minimum Gasteiger partial charge on any atom is -0.478 e. The van der Waals surface area contributed by atoms with Crippen molar-refractivity contribution in [1.29, 1.82) is 0 Å². The summed E-state index contributed by atoms with van der Waals surface area (Å²) >= 11 is 0. The molecule has 5 N–H and O–H groups in total. The number of hydrogen-bond donors (Lipinski definition) is 3. The van der Waals surface area contributed by atoms with Crippen LogP contribution in [0.5, 0.6) is 34.5 Å². The van der Waals surface area contributed by atoms with Gasteiger partial charge >= 0.3 is 24.5 Å². The molecule has 0 spiro atoms. The number of rotatable bonds is 16. The number of pyridine rings is 3. The summed E-state index contributed by atoms with van der Waals surface area (Å²) in [5.74, 6) is -4.93. The van der Waals surface area contributed by atoms with Crippen molar-refractivity contribution in [2.24, 2.45) is 17.4 Å². The van der Waals surface area contributed by atoms with Crippen molar-refractivity contribution in [3.63, 3.8) is 0 Å². The molecule has 2 aliphatic heterocycles. The number of Topliss-reactive ketones (excluding diaryl/α,β-unsaturated/α-hetero) is 2. The Morgan fingerprint density at radius 1 is 0.541 bits per heavy atom. The lowest BCUT2D eigenvalue weighted by molar-refractivity contribution is -0.139. The number of carboxylic acids is 1. The van der Waals surface area contributed by atoms with E-state index in [1.54, 1.807) is 104 Å². The molecule has 2 atom stereocenters. The number of carboxylic acid groups (broad SMARTS) is 1. The maximum Gasteiger partial charge on any atom is 0.416 e. The molecule has 27 heteroatoms. The molecule has 2 saturated heterocycles. The first-order chi connectivity index (χ1) is 46.2. The molecule has 0 radical (unpaired) electrons. The second-order valence-corrected chi connectivity index (χ2v) is 22.5. The van der Waals surface area contributed by atoms with Crippen LogP contribution in [0.15, 0.2) is 182 Å². The Morgan fingerprint density at radius 3 is 1.31 bits per heavy atom. The number of aromatic nitrogens is 3. The van der Waals surface area contributed by atoms with Gasteiger partial charge in [-0.25, -0.2) is 19.7 Å². The van der Waals surface area contributed by atoms with Crippen molar-refractivity contribution in [1.82, 2.24) is 19.9 Å². The van der Waals surface area contributed by atoms with Crippen molar-refractivity contribution in [3.05, 3.63) is 232 Å². The fourth-order valence-electron chi connectivity index (χ4n) is 9.96. The third kappa shape index (κ3) is 18.0. The van der Waals surface area contributed by atoms with Gasteiger partial charge in [-0.05, 0) is 191 Å². The van der Waals surface area contributed by atoms with Gasteiger partial charge in [-0.1, -0.05) is 18.2 Å². The number of carbonyl (C=O) groups is 6. The number of hydrogen-bond acceptors (Lipinski definition) is 14. The highest BCUT2D eigenvalue weighted by Crippen LogP contribution is 2.40. The van der Waals surface area contributed by atoms with E-state index in [0.29, 0.717) is 59.6 Å². The Hall–Kier alpha value is -11.3. The summed E-state index contributed by atoms with van der Waals surface area (Å²) in [6, 6.07) is 42.6. The maximum absolute atomic E-state index is 13.4. The van der Waals surface area contributed by atoms with Crippen molar-refractivity contribution in [2.75, 3.05) is 20.2 Å². The van der Waals surface area contributed by atoms with Crippen LogP contribution in [0.25, 0.3) is 33.8 Å². The van der Waals surface area contributed by atoms with Crippen LogP contribution in [0.1, 0.15) is 114 Å². The van der Waals surface area contributed by atoms with Gasteiger partial charge in [0.1, 0.15) is 57.6 Å². The van der Waals surface area contributed by atoms with E-state index in [1.165, 1.54) is 24.0 Å². The van der Waals surface area contributed by atoms with Gasteiger partial charge in [-0.15, -0.1) is 0 Å². The number of aromatic carboxylic acids is 1. The topological polar surface area (TPSA) is 263 Å². The summed E-state index contributed by atoms with van der Waals surface area (Å²) in [4.78, 5) is 85.6. The SMILES string of the molecule is CC(=O)c1cc(C(F)(F)F)ccc1Oc1ccc(-c2cccc(C(N)=O)n2)cc1.CC1(C)OCC(c2cccc(-c3ccc(Oc4ccc(C(F)(F)F)cc4C(=O)O)cc3)n2)O1.CN1CCC(C(=O)c2cc(C(F)(F)F)ccc2Oc2ccc(-c3cccc(C(N)=O)n3)cc2)CC1=O. The minimum atomic E-state index is -4.66. The summed E-state index contributed by atoms with van der Waals surface area (Å²) in [7, 11) is 1.62. The van der Waals surface area contributed by atoms with Gasteiger partial charge in [0.15, 0.2) is 17.4 Å². The lowest BCUT2D eigenvalue weighted by Gasteiger charge is -2.28. The number of ether oxygens (including phenoxy) is 5. The molecule has 0 bridgehead atoms. The summed E-state index contributed by atoms with van der Waals surface area (Å²) in [5, 5.41) is 9.30. The van der Waals surface area contributed by atoms with Crippen molar-refractivity contribution >= 4 is 35.3 Å². The molecule has 11 rings (SSSR count). The molecule has 18 nitrogen and oxygen atoms in total. The first-order valence-electron chi connectivity index (χ1n) is 29.5. The number of nitrogens with zero attached hydrogens (tertiary/aromatic N) is 4. The third-order valence-electron chi connectivity index (χ3n) is 15.1. The number of piperidine rings is 1. The molecule has 5 heterocycles. The van der Waals surface area contributed by atoms with Crippen LogP contribution in [-0.4, -0.2) is 86.2 Å². The van der Waals surface area contributed by atoms with Crippen LogP contribution in [0.3, 0.4) is 0 Å². The molecular formula is C71H57F9N6O12. The molecular weight excluding hydrogens is 1300 g/mol. The minimum absolute atomic E-state index is 0.0205. The number of alkyl halides is 9. The number of ketones is 2. The van der Waals surface area contributed by atoms with Crippen LogP contribution in [0.4, 0.5) is 39.5 Å². The fraction of sp³-hybridized carbons (Fsp3) is 0.197. The van der Waals surface area contributed by atoms with Crippen LogP contribution < -0.4 is 25.7 Å². The normalized spacial score (nSPS) is 15.2. The zero-order valence-corrected chi connectivity index (χ0v) is 52.1. The Labute approximate surface area is 552 Å². The predicted molar refractivity (Wildman–Crippen MR) is 336 cm³/mol. The molecule has 6 aromatic carbocycles. The predicted octanol–water partition coefficient (Wildman–Crippen LogP) is 15.7. The van der Waals surface area contributed by atoms with Crippen molar-refractivity contribution < 1.29 is 97.1 Å². The van der Waals surface area contributed by atoms with E-state index in [-0.39, 0.29) is 69.7 Å². The highest BCUT2D eigenvalue weighted by molar-refractivity contribution is 6.03. The van der Waals surface area contributed by atoms with E-state index in [2.05, 4.69) is 15.0 Å². The van der Waals surface area contributed by atoms with Gasteiger partial charge in [-0.2, -0.15) is 39.5 Å². The zero-order valence-electron chi connectivity index (χ0n) is 52.1. The van der Waals surface area contributed by atoms with E-state index in [1.807, 2.05) is 32.0 Å². The molecule has 2 unspecified atom stereocenters. The lowest BCUT2D eigenvalue weighted by Crippen LogP contribution is -2.38. The summed E-state index contributed by atoms with van der Waals surface area (Å²) < 4.78 is 146. The monoisotopic (exact) mass is 1360 g/mol. The maximum atomic E-state index is 13.4. The second-order valence-electron chi connectivity index (χ2n) is 22.5. The fourth-order valence-corrected chi connectivity index (χ4v) is 9.96. The summed E-state index contributed by atoms with van der Waals surface area (Å²) in [6.07, 6.45) is -13.9. The van der Waals surface area contributed by atoms with Gasteiger partial charge < -0.3 is 45.2 Å². The molecule has 2 fully saturated rings. The highest BCUT2D eigenvalue weighted by Gasteiger charge is 2.38. The molecule has 3 amide bonds. The summed E-state index contributed by atoms with van der Waals surface area (Å²) in [5.41, 5.74) is 11.3. The number of primary amides is 2. The van der Waals surface area contributed by atoms with E-state index < -0.39 is 81.8 Å². The molecule has 9 aromatic rings. The van der Waals surface area contributed by atoms with Gasteiger partial charge in [0, 0.05) is 42.6 Å². The number of nitrogens with two attached hydrogens (primary N) is 2. The standard InChI is InChI=1S/C26H22F3N3O4.C24H20F3NO5.C21H15F3N2O3/c1-32-12-11-16(13-23(32)33)24(34)19-14-17(26(27,28)29)7-10-22(19)36-18-8-5-15(6-9-18)20-3-2-4-21(31-20)25(30)35;1-23(2)31-13-21(33-23)19-5-3-4-18(28-19)14-6-9-16(10-7-14)32-20-11-8-15(24(25,26)27)12-17(20)22(29)30;1-12(27)16-11-14(21(22,23)24)7-10-19(16)29-15-8-5-13(6-9-15)17-3-2-4-18(26-17)20(25)28/h2-10,14,16H,11-13H2,1H3,(H2,30,35);3-12,21H,13H2,1-2H3,(H,29,30);2-11H,1H3,(H2,25,28). The molecule has 2 aliphatic rings. The van der Waals surface area contributed by atoms with Crippen molar-refractivity contribution in [2.45, 2.75) is 64.0 Å². The summed E-state index contributed by atoms with van der Waals surface area (Å²) in [6.45, 7) is 5.58.